The van der Waals surface area contributed by atoms with Crippen molar-refractivity contribution in [3.05, 3.63) is 5.21 Å². The van der Waals surface area contributed by atoms with Gasteiger partial charge in [-0.1, -0.05) is 4.86 Å². The van der Waals surface area contributed by atoms with E-state index in [1.165, 1.54) is 0 Å². The van der Waals surface area contributed by atoms with E-state index >= 15 is 0 Å². The maximum atomic E-state index is 11.0. The van der Waals surface area contributed by atoms with Gasteiger partial charge in [0.2, 0.25) is 0 Å². The monoisotopic (exact) mass is 169 g/mol. The average molecular weight is 169 g/mol. The van der Waals surface area contributed by atoms with Crippen LogP contribution in [0.4, 0.5) is 0 Å². The van der Waals surface area contributed by atoms with Crippen molar-refractivity contribution >= 4 is 0 Å². The fourth-order valence-electron chi connectivity index (χ4n) is 0.651. The zero-order valence-corrected chi connectivity index (χ0v) is 8.03. The highest BCUT2D eigenvalue weighted by Crippen LogP contribution is 2.07. The third-order valence-corrected chi connectivity index (χ3v) is 1.06. The van der Waals surface area contributed by atoms with E-state index in [4.69, 9.17) is 5.26 Å². The highest BCUT2D eigenvalue weighted by Gasteiger charge is 2.14. The van der Waals surface area contributed by atoms with E-state index in [-0.39, 0.29) is 18.0 Å². The number of azo groups is 1. The lowest BCUT2D eigenvalue weighted by Crippen LogP contribution is -2.18. The molecule has 0 aromatic rings. The second-order valence-electron chi connectivity index (χ2n) is 3.84. The first-order valence-electron chi connectivity index (χ1n) is 3.92. The number of nitriles is 1. The molecule has 4 nitrogen and oxygen atoms in total. The van der Waals surface area contributed by atoms with Crippen LogP contribution in [0.2, 0.25) is 0 Å². The summed E-state index contributed by atoms with van der Waals surface area (Å²) in [5.41, 5.74) is -0.364. The first-order valence-corrected chi connectivity index (χ1v) is 3.92. The standard InChI is InChI=1S/C8H15N3O/c1-7(5-9)6-11(12)10-8(2,3)4/h7H,6H2,1-4H3/b11-10-. The summed E-state index contributed by atoms with van der Waals surface area (Å²) in [5.74, 6) is -0.270. The van der Waals surface area contributed by atoms with Crippen molar-refractivity contribution < 1.29 is 4.86 Å². The van der Waals surface area contributed by atoms with Crippen molar-refractivity contribution in [2.24, 2.45) is 11.0 Å². The van der Waals surface area contributed by atoms with Crippen LogP contribution in [0.5, 0.6) is 0 Å². The smallest absolute Gasteiger partial charge is 0.195 e. The molecule has 0 N–H and O–H groups in total. The molecule has 0 amide bonds. The summed E-state index contributed by atoms with van der Waals surface area (Å²) >= 11 is 0. The molecule has 0 aliphatic carbocycles. The Balaban J connectivity index is 4.14. The summed E-state index contributed by atoms with van der Waals surface area (Å²) in [7, 11) is 0. The van der Waals surface area contributed by atoms with Crippen molar-refractivity contribution in [1.82, 2.24) is 0 Å². The predicted molar refractivity (Wildman–Crippen MR) is 45.5 cm³/mol. The van der Waals surface area contributed by atoms with Gasteiger partial charge in [0.1, 0.15) is 11.5 Å². The van der Waals surface area contributed by atoms with E-state index in [9.17, 15) is 5.21 Å². The molecule has 0 saturated carbocycles. The van der Waals surface area contributed by atoms with E-state index < -0.39 is 0 Å². The lowest BCUT2D eigenvalue weighted by atomic mass is 10.1. The number of rotatable bonds is 2. The van der Waals surface area contributed by atoms with Gasteiger partial charge >= 0.3 is 0 Å². The molecular weight excluding hydrogens is 154 g/mol. The molecule has 0 fully saturated rings. The first-order chi connectivity index (χ1) is 5.35. The molecule has 4 heteroatoms. The lowest BCUT2D eigenvalue weighted by molar-refractivity contribution is -0.540. The highest BCUT2D eigenvalue weighted by atomic mass is 16.5. The van der Waals surface area contributed by atoms with E-state index in [1.807, 2.05) is 26.8 Å². The first kappa shape index (κ1) is 10.9. The van der Waals surface area contributed by atoms with Crippen LogP contribution in [-0.2, 0) is 0 Å². The Hall–Kier alpha value is -1.11. The minimum absolute atomic E-state index is 0.147. The molecular formula is C8H15N3O. The Morgan fingerprint density at radius 3 is 2.42 bits per heavy atom. The predicted octanol–water partition coefficient (Wildman–Crippen LogP) is 1.91. The Morgan fingerprint density at radius 1 is 1.58 bits per heavy atom. The van der Waals surface area contributed by atoms with Crippen LogP contribution in [0.3, 0.4) is 0 Å². The summed E-state index contributed by atoms with van der Waals surface area (Å²) < 4.78 is 0. The van der Waals surface area contributed by atoms with E-state index in [2.05, 4.69) is 5.11 Å². The van der Waals surface area contributed by atoms with Crippen LogP contribution < -0.4 is 0 Å². The maximum absolute atomic E-state index is 11.0. The second-order valence-corrected chi connectivity index (χ2v) is 3.84. The quantitative estimate of drug-likeness (QED) is 0.360. The Labute approximate surface area is 73.1 Å². The van der Waals surface area contributed by atoms with Crippen LogP contribution in [0.25, 0.3) is 0 Å². The van der Waals surface area contributed by atoms with Gasteiger partial charge < -0.3 is 5.21 Å². The van der Waals surface area contributed by atoms with Gasteiger partial charge in [0.05, 0.1) is 6.07 Å². The van der Waals surface area contributed by atoms with Crippen molar-refractivity contribution in [2.75, 3.05) is 6.54 Å². The third-order valence-electron chi connectivity index (χ3n) is 1.06. The largest absolute Gasteiger partial charge is 0.600 e. The van der Waals surface area contributed by atoms with Gasteiger partial charge in [0, 0.05) is 0 Å². The van der Waals surface area contributed by atoms with E-state index in [0.29, 0.717) is 4.86 Å². The molecule has 0 aliphatic rings. The van der Waals surface area contributed by atoms with Crippen LogP contribution in [0.15, 0.2) is 5.11 Å². The zero-order valence-electron chi connectivity index (χ0n) is 8.03. The second kappa shape index (κ2) is 4.05. The molecule has 0 saturated heterocycles. The Kier molecular flexibility index (Phi) is 3.68. The van der Waals surface area contributed by atoms with Crippen LogP contribution in [-0.4, -0.2) is 16.9 Å². The summed E-state index contributed by atoms with van der Waals surface area (Å²) in [6.07, 6.45) is 0. The molecule has 0 spiro atoms. The van der Waals surface area contributed by atoms with Crippen molar-refractivity contribution in [2.45, 2.75) is 33.2 Å². The maximum Gasteiger partial charge on any atom is 0.195 e. The molecule has 0 aromatic heterocycles. The average Bonchev–Trinajstić information content (AvgIpc) is 1.82. The number of hydroxylamine groups is 1. The number of hydrogen-bond acceptors (Lipinski definition) is 3. The van der Waals surface area contributed by atoms with Gasteiger partial charge in [-0.05, 0) is 32.8 Å². The summed E-state index contributed by atoms with van der Waals surface area (Å²) in [5, 5.41) is 23.3. The van der Waals surface area contributed by atoms with Gasteiger partial charge in [-0.15, -0.1) is 0 Å². The van der Waals surface area contributed by atoms with E-state index in [0.717, 1.165) is 0 Å². The Morgan fingerprint density at radius 2 is 2.08 bits per heavy atom. The van der Waals surface area contributed by atoms with Gasteiger partial charge in [0.15, 0.2) is 6.54 Å². The number of nitrogens with zero attached hydrogens (tertiary/aromatic N) is 3. The fraction of sp³-hybridized carbons (Fsp3) is 0.875. The fourth-order valence-corrected chi connectivity index (χ4v) is 0.651. The lowest BCUT2D eigenvalue weighted by Gasteiger charge is -2.10. The van der Waals surface area contributed by atoms with Crippen LogP contribution in [0.1, 0.15) is 27.7 Å². The highest BCUT2D eigenvalue weighted by molar-refractivity contribution is 4.77. The van der Waals surface area contributed by atoms with Crippen molar-refractivity contribution in [3.8, 4) is 6.07 Å². The molecule has 0 aromatic carbocycles. The van der Waals surface area contributed by atoms with Crippen LogP contribution in [0, 0.1) is 22.5 Å². The molecule has 0 aliphatic heterocycles. The molecule has 0 bridgehead atoms. The topological polar surface area (TPSA) is 62.2 Å². The molecule has 1 atom stereocenters. The molecule has 12 heavy (non-hydrogen) atoms. The molecule has 68 valence electrons. The normalized spacial score (nSPS) is 15.4. The minimum atomic E-state index is -0.364. The van der Waals surface area contributed by atoms with Crippen molar-refractivity contribution in [3.63, 3.8) is 0 Å². The molecule has 0 rings (SSSR count). The van der Waals surface area contributed by atoms with Gasteiger partial charge in [-0.25, -0.2) is 0 Å². The zero-order chi connectivity index (χ0) is 9.78. The minimum Gasteiger partial charge on any atom is -0.600 e. The van der Waals surface area contributed by atoms with Gasteiger partial charge in [-0.2, -0.15) is 5.26 Å². The van der Waals surface area contributed by atoms with Crippen molar-refractivity contribution in [1.29, 1.82) is 5.26 Å². The SMILES string of the molecule is CC(C#N)C/[N+]([O-])=N/C(C)(C)C. The number of hydrogen-bond donors (Lipinski definition) is 0. The summed E-state index contributed by atoms with van der Waals surface area (Å²) in [6.45, 7) is 7.37. The molecule has 0 radical (unpaired) electrons. The molecule has 0 heterocycles. The summed E-state index contributed by atoms with van der Waals surface area (Å²) in [4.78, 5) is 0.591. The van der Waals surface area contributed by atoms with Crippen LogP contribution >= 0.6 is 0 Å². The van der Waals surface area contributed by atoms with Gasteiger partial charge in [-0.3, -0.25) is 0 Å². The Bertz CT molecular complexity index is 209. The molecule has 1 unspecified atom stereocenters. The third kappa shape index (κ3) is 5.66. The van der Waals surface area contributed by atoms with E-state index in [1.54, 1.807) is 6.92 Å². The summed E-state index contributed by atoms with van der Waals surface area (Å²) in [6, 6.07) is 1.98. The van der Waals surface area contributed by atoms with Gasteiger partial charge in [0.25, 0.3) is 0 Å².